The highest BCUT2D eigenvalue weighted by atomic mass is 32.1. The molecule has 0 spiro atoms. The van der Waals surface area contributed by atoms with Crippen LogP contribution in [0.2, 0.25) is 0 Å². The first kappa shape index (κ1) is 18.1. The Bertz CT molecular complexity index is 1150. The summed E-state index contributed by atoms with van der Waals surface area (Å²) < 4.78 is 18.3. The van der Waals surface area contributed by atoms with Crippen LogP contribution in [0.3, 0.4) is 0 Å². The number of Topliss-reactive ketones (excluding diaryl/α,β-unsaturated/α-hetero) is 1. The Kier molecular flexibility index (Phi) is 4.79. The number of halogens is 1. The van der Waals surface area contributed by atoms with Crippen molar-refractivity contribution in [1.82, 2.24) is 4.98 Å². The lowest BCUT2D eigenvalue weighted by molar-refractivity contribution is 0.0997. The number of ether oxygens (including phenoxy) is 1. The van der Waals surface area contributed by atoms with Crippen LogP contribution in [0.5, 0.6) is 5.75 Å². The van der Waals surface area contributed by atoms with E-state index in [1.165, 1.54) is 23.5 Å². The first-order valence-electron chi connectivity index (χ1n) is 8.66. The minimum absolute atomic E-state index is 0.0472. The standard InChI is InChI=1S/C22H17FN2O2S/c1-27-16-8-2-13(3-9-16)12-19(26)21-20(24)17-10-11-18(25-22(17)28-21)14-4-6-15(23)7-5-14/h2-11H,12,24H2,1H3. The van der Waals surface area contributed by atoms with Crippen LogP contribution in [0.15, 0.2) is 60.7 Å². The van der Waals surface area contributed by atoms with Crippen LogP contribution in [0.25, 0.3) is 21.5 Å². The van der Waals surface area contributed by atoms with Crippen molar-refractivity contribution < 1.29 is 13.9 Å². The van der Waals surface area contributed by atoms with Gasteiger partial charge < -0.3 is 10.5 Å². The van der Waals surface area contributed by atoms with Crippen molar-refractivity contribution in [2.45, 2.75) is 6.42 Å². The van der Waals surface area contributed by atoms with Crippen molar-refractivity contribution in [2.75, 3.05) is 12.8 Å². The van der Waals surface area contributed by atoms with Crippen molar-refractivity contribution in [3.05, 3.63) is 76.9 Å². The maximum Gasteiger partial charge on any atom is 0.179 e. The molecule has 2 heterocycles. The second kappa shape index (κ2) is 7.40. The lowest BCUT2D eigenvalue weighted by Gasteiger charge is -2.03. The van der Waals surface area contributed by atoms with Crippen molar-refractivity contribution in [3.8, 4) is 17.0 Å². The van der Waals surface area contributed by atoms with Gasteiger partial charge in [-0.2, -0.15) is 0 Å². The molecule has 6 heteroatoms. The van der Waals surface area contributed by atoms with Crippen LogP contribution < -0.4 is 10.5 Å². The van der Waals surface area contributed by atoms with E-state index >= 15 is 0 Å². The molecule has 0 aliphatic heterocycles. The second-order valence-electron chi connectivity index (χ2n) is 6.35. The summed E-state index contributed by atoms with van der Waals surface area (Å²) in [5, 5.41) is 0.758. The molecule has 0 fully saturated rings. The van der Waals surface area contributed by atoms with Gasteiger partial charge in [0.25, 0.3) is 0 Å². The molecule has 0 unspecified atom stereocenters. The molecule has 4 aromatic rings. The largest absolute Gasteiger partial charge is 0.497 e. The average molecular weight is 392 g/mol. The van der Waals surface area contributed by atoms with Crippen molar-refractivity contribution in [2.24, 2.45) is 0 Å². The van der Waals surface area contributed by atoms with E-state index < -0.39 is 0 Å². The minimum atomic E-state index is -0.295. The number of hydrogen-bond acceptors (Lipinski definition) is 5. The van der Waals surface area contributed by atoms with Gasteiger partial charge in [0, 0.05) is 17.4 Å². The van der Waals surface area contributed by atoms with E-state index in [1.807, 2.05) is 36.4 Å². The third-order valence-corrected chi connectivity index (χ3v) is 5.67. The number of carbonyl (C=O) groups excluding carboxylic acids is 1. The van der Waals surface area contributed by atoms with Crippen LogP contribution in [0.4, 0.5) is 10.1 Å². The fraction of sp³-hybridized carbons (Fsp3) is 0.0909. The molecule has 0 saturated heterocycles. The van der Waals surface area contributed by atoms with Crippen LogP contribution in [-0.2, 0) is 6.42 Å². The summed E-state index contributed by atoms with van der Waals surface area (Å²) in [6.07, 6.45) is 0.256. The predicted molar refractivity (Wildman–Crippen MR) is 110 cm³/mol. The quantitative estimate of drug-likeness (QED) is 0.479. The number of methoxy groups -OCH3 is 1. The number of nitrogens with two attached hydrogens (primary N) is 1. The molecule has 0 saturated carbocycles. The number of hydrogen-bond donors (Lipinski definition) is 1. The third-order valence-electron chi connectivity index (χ3n) is 4.51. The molecule has 4 rings (SSSR count). The molecular formula is C22H17FN2O2S. The summed E-state index contributed by atoms with van der Waals surface area (Å²) in [6.45, 7) is 0. The van der Waals surface area contributed by atoms with E-state index in [2.05, 4.69) is 4.98 Å². The number of benzene rings is 2. The number of nitrogens with zero attached hydrogens (tertiary/aromatic N) is 1. The Balaban J connectivity index is 1.64. The molecule has 0 bridgehead atoms. The zero-order valence-electron chi connectivity index (χ0n) is 15.1. The topological polar surface area (TPSA) is 65.2 Å². The molecule has 2 N–H and O–H groups in total. The fourth-order valence-corrected chi connectivity index (χ4v) is 4.03. The van der Waals surface area contributed by atoms with E-state index in [9.17, 15) is 9.18 Å². The van der Waals surface area contributed by atoms with Gasteiger partial charge in [0.05, 0.1) is 23.4 Å². The van der Waals surface area contributed by atoms with Crippen LogP contribution >= 0.6 is 11.3 Å². The molecule has 28 heavy (non-hydrogen) atoms. The number of ketones is 1. The average Bonchev–Trinajstić information content (AvgIpc) is 3.05. The first-order chi connectivity index (χ1) is 13.5. The van der Waals surface area contributed by atoms with Gasteiger partial charge in [-0.05, 0) is 54.1 Å². The van der Waals surface area contributed by atoms with Gasteiger partial charge in [0.2, 0.25) is 0 Å². The monoisotopic (exact) mass is 392 g/mol. The lowest BCUT2D eigenvalue weighted by Crippen LogP contribution is -2.04. The second-order valence-corrected chi connectivity index (χ2v) is 7.35. The lowest BCUT2D eigenvalue weighted by atomic mass is 10.1. The molecule has 0 aliphatic carbocycles. The van der Waals surface area contributed by atoms with Crippen molar-refractivity contribution in [1.29, 1.82) is 0 Å². The van der Waals surface area contributed by atoms with Crippen LogP contribution in [-0.4, -0.2) is 17.9 Å². The van der Waals surface area contributed by atoms with E-state index in [0.717, 1.165) is 22.3 Å². The van der Waals surface area contributed by atoms with E-state index in [-0.39, 0.29) is 18.0 Å². The highest BCUT2D eigenvalue weighted by molar-refractivity contribution is 7.21. The van der Waals surface area contributed by atoms with Crippen LogP contribution in [0, 0.1) is 5.82 Å². The Hall–Kier alpha value is -3.25. The molecule has 0 amide bonds. The Morgan fingerprint density at radius 2 is 1.79 bits per heavy atom. The normalized spacial score (nSPS) is 10.9. The Labute approximate surface area is 165 Å². The van der Waals surface area contributed by atoms with Gasteiger partial charge in [0.1, 0.15) is 16.4 Å². The van der Waals surface area contributed by atoms with Gasteiger partial charge in [-0.15, -0.1) is 11.3 Å². The summed E-state index contributed by atoms with van der Waals surface area (Å²) >= 11 is 1.29. The number of pyridine rings is 1. The Morgan fingerprint density at radius 1 is 1.07 bits per heavy atom. The zero-order chi connectivity index (χ0) is 19.7. The fourth-order valence-electron chi connectivity index (χ4n) is 2.99. The predicted octanol–water partition coefficient (Wildman–Crippen LogP) is 5.12. The van der Waals surface area contributed by atoms with Gasteiger partial charge in [-0.1, -0.05) is 12.1 Å². The van der Waals surface area contributed by atoms with Gasteiger partial charge in [0.15, 0.2) is 5.78 Å². The molecule has 140 valence electrons. The number of carbonyl (C=O) groups is 1. The van der Waals surface area contributed by atoms with E-state index in [1.54, 1.807) is 19.2 Å². The Morgan fingerprint density at radius 3 is 2.46 bits per heavy atom. The molecule has 0 atom stereocenters. The zero-order valence-corrected chi connectivity index (χ0v) is 15.9. The maximum absolute atomic E-state index is 13.1. The molecule has 0 aliphatic rings. The SMILES string of the molecule is COc1ccc(CC(=O)c2sc3nc(-c4ccc(F)cc4)ccc3c2N)cc1. The minimum Gasteiger partial charge on any atom is -0.497 e. The molecular weight excluding hydrogens is 375 g/mol. The number of anilines is 1. The summed E-state index contributed by atoms with van der Waals surface area (Å²) in [5.41, 5.74) is 9.09. The highest BCUT2D eigenvalue weighted by Crippen LogP contribution is 2.35. The molecule has 2 aromatic heterocycles. The first-order valence-corrected chi connectivity index (χ1v) is 9.48. The number of fused-ring (bicyclic) bond motifs is 1. The summed E-state index contributed by atoms with van der Waals surface area (Å²) in [4.78, 5) is 18.6. The van der Waals surface area contributed by atoms with Gasteiger partial charge >= 0.3 is 0 Å². The maximum atomic E-state index is 13.1. The van der Waals surface area contributed by atoms with Gasteiger partial charge in [-0.25, -0.2) is 9.37 Å². The number of aromatic nitrogens is 1. The summed E-state index contributed by atoms with van der Waals surface area (Å²) in [5.74, 6) is 0.403. The summed E-state index contributed by atoms with van der Waals surface area (Å²) in [7, 11) is 1.60. The number of thiophene rings is 1. The van der Waals surface area contributed by atoms with Crippen molar-refractivity contribution >= 4 is 33.0 Å². The van der Waals surface area contributed by atoms with E-state index in [4.69, 9.17) is 10.5 Å². The smallest absolute Gasteiger partial charge is 0.179 e. The van der Waals surface area contributed by atoms with Crippen LogP contribution in [0.1, 0.15) is 15.2 Å². The third kappa shape index (κ3) is 3.46. The number of rotatable bonds is 5. The molecule has 2 aromatic carbocycles. The van der Waals surface area contributed by atoms with Crippen molar-refractivity contribution in [3.63, 3.8) is 0 Å². The molecule has 0 radical (unpaired) electrons. The van der Waals surface area contributed by atoms with E-state index in [0.29, 0.717) is 21.1 Å². The summed E-state index contributed by atoms with van der Waals surface area (Å²) in [6, 6.07) is 17.2. The molecule has 4 nitrogen and oxygen atoms in total. The number of nitrogen functional groups attached to an aromatic ring is 1. The van der Waals surface area contributed by atoms with Gasteiger partial charge in [-0.3, -0.25) is 4.79 Å². The highest BCUT2D eigenvalue weighted by Gasteiger charge is 2.18.